The lowest BCUT2D eigenvalue weighted by Crippen LogP contribution is -2.32. The lowest BCUT2D eigenvalue weighted by molar-refractivity contribution is -0.175. The molecule has 1 aliphatic rings. The summed E-state index contributed by atoms with van der Waals surface area (Å²) in [5.41, 5.74) is 0.523. The zero-order chi connectivity index (χ0) is 11.7. The average molecular weight is 225 g/mol. The van der Waals surface area contributed by atoms with E-state index in [4.69, 9.17) is 9.52 Å². The van der Waals surface area contributed by atoms with Crippen LogP contribution in [0.15, 0.2) is 23.0 Å². The monoisotopic (exact) mass is 225 g/mol. The summed E-state index contributed by atoms with van der Waals surface area (Å²) >= 11 is 0. The summed E-state index contributed by atoms with van der Waals surface area (Å²) in [6.07, 6.45) is 0.883. The number of carbonyl (C=O) groups excluding carboxylic acids is 2. The number of carboxylic acid groups (broad SMARTS) is 1. The first-order valence-electron chi connectivity index (χ1n) is 4.39. The fraction of sp³-hybridized carbons (Fsp3) is 0.222. The second kappa shape index (κ2) is 3.69. The summed E-state index contributed by atoms with van der Waals surface area (Å²) < 4.78 is 4.79. The topological polar surface area (TPSA) is 97.1 Å². The summed E-state index contributed by atoms with van der Waals surface area (Å²) in [6, 6.07) is 1.54. The van der Waals surface area contributed by atoms with Gasteiger partial charge in [0.2, 0.25) is 0 Å². The molecule has 1 N–H and O–H groups in total. The average Bonchev–Trinajstić information content (AvgIpc) is 2.80. The molecule has 1 fully saturated rings. The highest BCUT2D eigenvalue weighted by Crippen LogP contribution is 2.29. The van der Waals surface area contributed by atoms with E-state index in [-0.39, 0.29) is 11.5 Å². The largest absolute Gasteiger partial charge is 0.531 e. The van der Waals surface area contributed by atoms with E-state index >= 15 is 0 Å². The van der Waals surface area contributed by atoms with Gasteiger partial charge in [-0.05, 0) is 6.07 Å². The Morgan fingerprint density at radius 2 is 2.31 bits per heavy atom. The maximum absolute atomic E-state index is 11.6. The molecule has 0 bridgehead atoms. The Morgan fingerprint density at radius 3 is 2.88 bits per heavy atom. The molecule has 0 radical (unpaired) electrons. The zero-order valence-corrected chi connectivity index (χ0v) is 7.95. The first-order chi connectivity index (χ1) is 7.59. The van der Waals surface area contributed by atoms with Crippen LogP contribution in [0, 0.1) is 0 Å². The number of hydroxylamine groups is 2. The Kier molecular flexibility index (Phi) is 2.35. The number of furan rings is 1. The lowest BCUT2D eigenvalue weighted by atomic mass is 10.0. The Hall–Kier alpha value is -2.31. The van der Waals surface area contributed by atoms with E-state index in [1.807, 2.05) is 0 Å². The van der Waals surface area contributed by atoms with Gasteiger partial charge in [-0.15, -0.1) is 0 Å². The van der Waals surface area contributed by atoms with Crippen LogP contribution in [0.5, 0.6) is 0 Å². The Morgan fingerprint density at radius 1 is 1.56 bits per heavy atom. The number of carbonyl (C=O) groups is 3. The van der Waals surface area contributed by atoms with Crippen molar-refractivity contribution in [2.24, 2.45) is 0 Å². The third-order valence-corrected chi connectivity index (χ3v) is 2.22. The summed E-state index contributed by atoms with van der Waals surface area (Å²) in [7, 11) is 0. The Balaban J connectivity index is 2.19. The first kappa shape index (κ1) is 10.2. The lowest BCUT2D eigenvalue weighted by Gasteiger charge is -2.10. The minimum Gasteiger partial charge on any atom is -0.472 e. The molecule has 7 heteroatoms. The van der Waals surface area contributed by atoms with Gasteiger partial charge in [-0.2, -0.15) is 0 Å². The maximum atomic E-state index is 11.6. The first-order valence-corrected chi connectivity index (χ1v) is 4.39. The molecule has 2 amide bonds. The number of nitrogens with zero attached hydrogens (tertiary/aromatic N) is 1. The number of imide groups is 1. The summed E-state index contributed by atoms with van der Waals surface area (Å²) in [5.74, 6) is -2.11. The molecule has 2 heterocycles. The van der Waals surface area contributed by atoms with E-state index in [0.29, 0.717) is 5.56 Å². The summed E-state index contributed by atoms with van der Waals surface area (Å²) in [6.45, 7) is 0. The highest BCUT2D eigenvalue weighted by Gasteiger charge is 2.42. The minimum atomic E-state index is -1.70. The van der Waals surface area contributed by atoms with Crippen LogP contribution in [0.25, 0.3) is 0 Å². The van der Waals surface area contributed by atoms with Gasteiger partial charge >= 0.3 is 6.16 Å². The second-order valence-corrected chi connectivity index (χ2v) is 3.20. The molecule has 0 unspecified atom stereocenters. The Bertz CT molecular complexity index is 437. The summed E-state index contributed by atoms with van der Waals surface area (Å²) in [5, 5.41) is 8.60. The van der Waals surface area contributed by atoms with Crippen LogP contribution in [-0.2, 0) is 14.4 Å². The van der Waals surface area contributed by atoms with Crippen molar-refractivity contribution in [2.75, 3.05) is 0 Å². The third kappa shape index (κ3) is 1.62. The zero-order valence-electron chi connectivity index (χ0n) is 7.95. The predicted octanol–water partition coefficient (Wildman–Crippen LogP) is 0.732. The van der Waals surface area contributed by atoms with Crippen LogP contribution in [0.3, 0.4) is 0 Å². The van der Waals surface area contributed by atoms with Crippen LogP contribution in [0.2, 0.25) is 0 Å². The van der Waals surface area contributed by atoms with Gasteiger partial charge in [0.15, 0.2) is 0 Å². The van der Waals surface area contributed by atoms with Crippen molar-refractivity contribution in [1.29, 1.82) is 0 Å². The Labute approximate surface area is 89.2 Å². The molecule has 1 aromatic heterocycles. The standard InChI is InChI=1S/C9H7NO6/c11-7-3-6(5-1-2-15-4-5)8(12)10(7)16-9(13)14/h1-2,4,6H,3H2,(H,13,14)/t6-/m0/s1. The molecule has 84 valence electrons. The van der Waals surface area contributed by atoms with Crippen LogP contribution in [0.4, 0.5) is 4.79 Å². The van der Waals surface area contributed by atoms with Gasteiger partial charge in [-0.25, -0.2) is 4.79 Å². The van der Waals surface area contributed by atoms with Gasteiger partial charge in [0.1, 0.15) is 0 Å². The van der Waals surface area contributed by atoms with E-state index in [1.54, 1.807) is 6.07 Å². The van der Waals surface area contributed by atoms with Gasteiger partial charge in [0, 0.05) is 12.0 Å². The molecule has 1 aromatic rings. The highest BCUT2D eigenvalue weighted by molar-refractivity contribution is 6.05. The SMILES string of the molecule is O=C(O)ON1C(=O)C[C@@H](c2ccoc2)C1=O. The van der Waals surface area contributed by atoms with Crippen molar-refractivity contribution in [1.82, 2.24) is 5.06 Å². The van der Waals surface area contributed by atoms with Crippen molar-refractivity contribution in [2.45, 2.75) is 12.3 Å². The molecule has 0 aromatic carbocycles. The fourth-order valence-corrected chi connectivity index (χ4v) is 1.52. The van der Waals surface area contributed by atoms with Gasteiger partial charge < -0.3 is 9.52 Å². The van der Waals surface area contributed by atoms with Crippen LogP contribution >= 0.6 is 0 Å². The number of amides is 2. The van der Waals surface area contributed by atoms with Gasteiger partial charge in [0.25, 0.3) is 11.8 Å². The molecule has 0 spiro atoms. The van der Waals surface area contributed by atoms with Crippen molar-refractivity contribution in [3.63, 3.8) is 0 Å². The molecule has 2 rings (SSSR count). The molecule has 1 atom stereocenters. The van der Waals surface area contributed by atoms with Crippen molar-refractivity contribution in [3.05, 3.63) is 24.2 Å². The minimum absolute atomic E-state index is 0.119. The molecular formula is C9H7NO6. The van der Waals surface area contributed by atoms with E-state index < -0.39 is 23.9 Å². The molecule has 16 heavy (non-hydrogen) atoms. The van der Waals surface area contributed by atoms with Crippen molar-refractivity contribution in [3.8, 4) is 0 Å². The smallest absolute Gasteiger partial charge is 0.472 e. The van der Waals surface area contributed by atoms with Gasteiger partial charge in [-0.1, -0.05) is 5.06 Å². The van der Waals surface area contributed by atoms with Crippen molar-refractivity contribution < 1.29 is 28.7 Å². The van der Waals surface area contributed by atoms with E-state index in [1.165, 1.54) is 12.5 Å². The predicted molar refractivity (Wildman–Crippen MR) is 47.0 cm³/mol. The van der Waals surface area contributed by atoms with E-state index in [2.05, 4.69) is 4.84 Å². The number of hydrogen-bond acceptors (Lipinski definition) is 5. The third-order valence-electron chi connectivity index (χ3n) is 2.22. The van der Waals surface area contributed by atoms with Crippen molar-refractivity contribution >= 4 is 18.0 Å². The molecule has 1 saturated heterocycles. The molecule has 0 saturated carbocycles. The normalized spacial score (nSPS) is 20.2. The molecular weight excluding hydrogens is 218 g/mol. The second-order valence-electron chi connectivity index (χ2n) is 3.20. The van der Waals surface area contributed by atoms with E-state index in [0.717, 1.165) is 0 Å². The molecule has 1 aliphatic heterocycles. The summed E-state index contributed by atoms with van der Waals surface area (Å²) in [4.78, 5) is 37.3. The van der Waals surface area contributed by atoms with Crippen LogP contribution in [-0.4, -0.2) is 28.1 Å². The van der Waals surface area contributed by atoms with E-state index in [9.17, 15) is 14.4 Å². The highest BCUT2D eigenvalue weighted by atomic mass is 16.8. The molecule has 0 aliphatic carbocycles. The van der Waals surface area contributed by atoms with Crippen LogP contribution in [0.1, 0.15) is 17.9 Å². The quantitative estimate of drug-likeness (QED) is 0.745. The maximum Gasteiger partial charge on any atom is 0.531 e. The number of hydrogen-bond donors (Lipinski definition) is 1. The molecule has 7 nitrogen and oxygen atoms in total. The fourth-order valence-electron chi connectivity index (χ4n) is 1.52. The van der Waals surface area contributed by atoms with Crippen LogP contribution < -0.4 is 0 Å². The van der Waals surface area contributed by atoms with Gasteiger partial charge in [-0.3, -0.25) is 14.4 Å². The van der Waals surface area contributed by atoms with Gasteiger partial charge in [0.05, 0.1) is 18.4 Å². The number of rotatable bonds is 2.